The van der Waals surface area contributed by atoms with Crippen LogP contribution in [0.5, 0.6) is 11.5 Å². The van der Waals surface area contributed by atoms with E-state index in [9.17, 15) is 8.42 Å². The van der Waals surface area contributed by atoms with E-state index in [0.717, 1.165) is 68.9 Å². The normalized spacial score (nSPS) is 19.9. The van der Waals surface area contributed by atoms with Crippen LogP contribution in [0.2, 0.25) is 0 Å². The van der Waals surface area contributed by atoms with E-state index >= 15 is 0 Å². The van der Waals surface area contributed by atoms with E-state index in [-0.39, 0.29) is 6.04 Å². The summed E-state index contributed by atoms with van der Waals surface area (Å²) in [4.78, 5) is 0. The number of hydrogen-bond acceptors (Lipinski definition) is 6. The molecule has 0 aliphatic heterocycles. The minimum Gasteiger partial charge on any atom is -0.493 e. The van der Waals surface area contributed by atoms with Gasteiger partial charge in [0, 0.05) is 25.7 Å². The topological polar surface area (TPSA) is 88.7 Å². The second kappa shape index (κ2) is 12.0. The fourth-order valence-corrected chi connectivity index (χ4v) is 5.13. The van der Waals surface area contributed by atoms with Gasteiger partial charge >= 0.3 is 0 Å². The minimum absolute atomic E-state index is 0.0789. The lowest BCUT2D eigenvalue weighted by atomic mass is 9.86. The maximum atomic E-state index is 12.5. The number of nitrogens with one attached hydrogen (secondary N) is 3. The van der Waals surface area contributed by atoms with Gasteiger partial charge in [-0.3, -0.25) is 0 Å². The molecule has 8 heteroatoms. The largest absolute Gasteiger partial charge is 0.493 e. The van der Waals surface area contributed by atoms with Crippen LogP contribution >= 0.6 is 0 Å². The average Bonchev–Trinajstić information content (AvgIpc) is 2.76. The summed E-state index contributed by atoms with van der Waals surface area (Å²) >= 11 is 0. The maximum absolute atomic E-state index is 12.5. The SMILES string of the molecule is CCC(C)(C)S(=O)(=O)NC1CCC(CNCCNCc2ccc(OC)c(OC)c2)CC1. The summed E-state index contributed by atoms with van der Waals surface area (Å²) in [5.74, 6) is 2.10. The highest BCUT2D eigenvalue weighted by molar-refractivity contribution is 7.90. The Labute approximate surface area is 188 Å². The summed E-state index contributed by atoms with van der Waals surface area (Å²) in [5, 5.41) is 6.98. The molecule has 1 aliphatic rings. The summed E-state index contributed by atoms with van der Waals surface area (Å²) in [6.45, 7) is 9.07. The maximum Gasteiger partial charge on any atom is 0.217 e. The van der Waals surface area contributed by atoms with Gasteiger partial charge in [0.05, 0.1) is 19.0 Å². The highest BCUT2D eigenvalue weighted by atomic mass is 32.2. The molecule has 1 saturated carbocycles. The average molecular weight is 456 g/mol. The van der Waals surface area contributed by atoms with Crippen molar-refractivity contribution in [1.29, 1.82) is 0 Å². The van der Waals surface area contributed by atoms with Crippen molar-refractivity contribution in [2.75, 3.05) is 33.9 Å². The molecule has 0 atom stereocenters. The smallest absolute Gasteiger partial charge is 0.217 e. The second-order valence-electron chi connectivity index (χ2n) is 9.02. The highest BCUT2D eigenvalue weighted by Crippen LogP contribution is 2.28. The van der Waals surface area contributed by atoms with Crippen molar-refractivity contribution < 1.29 is 17.9 Å². The molecule has 0 amide bonds. The predicted molar refractivity (Wildman–Crippen MR) is 126 cm³/mol. The van der Waals surface area contributed by atoms with Crippen LogP contribution in [0, 0.1) is 5.92 Å². The summed E-state index contributed by atoms with van der Waals surface area (Å²) in [6, 6.07) is 6.03. The monoisotopic (exact) mass is 455 g/mol. The number of rotatable bonds is 13. The van der Waals surface area contributed by atoms with Gasteiger partial charge in [-0.25, -0.2) is 13.1 Å². The number of ether oxygens (including phenoxy) is 2. The third-order valence-electron chi connectivity index (χ3n) is 6.44. The Balaban J connectivity index is 1.60. The van der Waals surface area contributed by atoms with Crippen molar-refractivity contribution in [3.63, 3.8) is 0 Å². The summed E-state index contributed by atoms with van der Waals surface area (Å²) < 4.78 is 37.9. The van der Waals surface area contributed by atoms with Crippen molar-refractivity contribution in [1.82, 2.24) is 15.4 Å². The van der Waals surface area contributed by atoms with Gasteiger partial charge < -0.3 is 20.1 Å². The Morgan fingerprint density at radius 3 is 2.26 bits per heavy atom. The van der Waals surface area contributed by atoms with Crippen molar-refractivity contribution in [3.05, 3.63) is 23.8 Å². The molecule has 3 N–H and O–H groups in total. The molecule has 0 unspecified atom stereocenters. The lowest BCUT2D eigenvalue weighted by molar-refractivity contribution is 0.301. The zero-order valence-electron chi connectivity index (χ0n) is 19.8. The van der Waals surface area contributed by atoms with Crippen molar-refractivity contribution >= 4 is 10.0 Å². The summed E-state index contributed by atoms with van der Waals surface area (Å²) in [6.07, 6.45) is 4.57. The molecule has 0 heterocycles. The van der Waals surface area contributed by atoms with E-state index in [1.165, 1.54) is 0 Å². The zero-order chi connectivity index (χ0) is 22.9. The molecule has 1 aromatic carbocycles. The van der Waals surface area contributed by atoms with Gasteiger partial charge in [0.15, 0.2) is 11.5 Å². The molecular weight excluding hydrogens is 414 g/mol. The fourth-order valence-electron chi connectivity index (χ4n) is 3.76. The van der Waals surface area contributed by atoms with Gasteiger partial charge in [-0.15, -0.1) is 0 Å². The highest BCUT2D eigenvalue weighted by Gasteiger charge is 2.35. The number of sulfonamides is 1. The Morgan fingerprint density at radius 2 is 1.65 bits per heavy atom. The molecular formula is C23H41N3O4S. The lowest BCUT2D eigenvalue weighted by Gasteiger charge is -2.32. The quantitative estimate of drug-likeness (QED) is 0.396. The van der Waals surface area contributed by atoms with Crippen molar-refractivity contribution in [2.45, 2.75) is 70.2 Å². The molecule has 0 saturated heterocycles. The number of benzene rings is 1. The lowest BCUT2D eigenvalue weighted by Crippen LogP contribution is -2.47. The van der Waals surface area contributed by atoms with E-state index in [1.54, 1.807) is 28.1 Å². The van der Waals surface area contributed by atoms with Gasteiger partial charge in [0.2, 0.25) is 10.0 Å². The molecule has 0 aromatic heterocycles. The molecule has 0 spiro atoms. The Bertz CT molecular complexity index is 775. The van der Waals surface area contributed by atoms with Crippen LogP contribution in [0.25, 0.3) is 0 Å². The third kappa shape index (κ3) is 7.63. The van der Waals surface area contributed by atoms with E-state index in [0.29, 0.717) is 12.3 Å². The molecule has 2 rings (SSSR count). The molecule has 31 heavy (non-hydrogen) atoms. The Hall–Kier alpha value is -1.35. The van der Waals surface area contributed by atoms with E-state index < -0.39 is 14.8 Å². The van der Waals surface area contributed by atoms with Crippen molar-refractivity contribution in [3.8, 4) is 11.5 Å². The van der Waals surface area contributed by atoms with Crippen LogP contribution in [0.3, 0.4) is 0 Å². The van der Waals surface area contributed by atoms with Gasteiger partial charge in [-0.2, -0.15) is 0 Å². The molecule has 7 nitrogen and oxygen atoms in total. The molecule has 1 aromatic rings. The van der Waals surface area contributed by atoms with Crippen LogP contribution in [-0.2, 0) is 16.6 Å². The number of methoxy groups -OCH3 is 2. The van der Waals surface area contributed by atoms with Gasteiger partial charge in [-0.1, -0.05) is 13.0 Å². The summed E-state index contributed by atoms with van der Waals surface area (Å²) in [5.41, 5.74) is 1.16. The van der Waals surface area contributed by atoms with Gasteiger partial charge in [-0.05, 0) is 76.1 Å². The Morgan fingerprint density at radius 1 is 1.00 bits per heavy atom. The van der Waals surface area contributed by atoms with Crippen LogP contribution in [0.15, 0.2) is 18.2 Å². The van der Waals surface area contributed by atoms with E-state index in [1.807, 2.05) is 25.1 Å². The molecule has 1 aliphatic carbocycles. The first-order valence-corrected chi connectivity index (χ1v) is 12.8. The standard InChI is InChI=1S/C23H41N3O4S/c1-6-23(2,3)31(27,28)26-20-10-7-18(8-11-20)16-24-13-14-25-17-19-9-12-21(29-4)22(15-19)30-5/h9,12,15,18,20,24-26H,6-8,10-11,13-14,16-17H2,1-5H3. The molecule has 178 valence electrons. The van der Waals surface area contributed by atoms with Crippen molar-refractivity contribution in [2.24, 2.45) is 5.92 Å². The molecule has 0 radical (unpaired) electrons. The minimum atomic E-state index is -3.27. The molecule has 1 fully saturated rings. The molecule has 0 bridgehead atoms. The van der Waals surface area contributed by atoms with Crippen LogP contribution in [-0.4, -0.2) is 53.1 Å². The predicted octanol–water partition coefficient (Wildman–Crippen LogP) is 3.05. The van der Waals surface area contributed by atoms with Gasteiger partial charge in [0.25, 0.3) is 0 Å². The van der Waals surface area contributed by atoms with Crippen LogP contribution < -0.4 is 24.8 Å². The third-order valence-corrected chi connectivity index (χ3v) is 8.82. The first kappa shape index (κ1) is 25.9. The fraction of sp³-hybridized carbons (Fsp3) is 0.739. The van der Waals surface area contributed by atoms with Crippen LogP contribution in [0.1, 0.15) is 58.4 Å². The second-order valence-corrected chi connectivity index (χ2v) is 11.4. The number of hydrogen-bond donors (Lipinski definition) is 3. The summed E-state index contributed by atoms with van der Waals surface area (Å²) in [7, 11) is 0.0102. The van der Waals surface area contributed by atoms with E-state index in [2.05, 4.69) is 15.4 Å². The first-order chi connectivity index (χ1) is 14.7. The Kier molecular flexibility index (Phi) is 10.1. The van der Waals surface area contributed by atoms with Crippen LogP contribution in [0.4, 0.5) is 0 Å². The first-order valence-electron chi connectivity index (χ1n) is 11.4. The van der Waals surface area contributed by atoms with Gasteiger partial charge in [0.1, 0.15) is 0 Å². The van der Waals surface area contributed by atoms with E-state index in [4.69, 9.17) is 9.47 Å². The zero-order valence-corrected chi connectivity index (χ0v) is 20.6.